The maximum Gasteiger partial charge on any atom is 0.0934 e. The second kappa shape index (κ2) is 7.10. The van der Waals surface area contributed by atoms with Crippen LogP contribution < -0.4 is 0 Å². The largest absolute Gasteiger partial charge is 0.472 e. The molecule has 0 amide bonds. The number of rotatable bonds is 6. The summed E-state index contributed by atoms with van der Waals surface area (Å²) in [6.45, 7) is 4.27. The van der Waals surface area contributed by atoms with Gasteiger partial charge in [-0.15, -0.1) is 0 Å². The van der Waals surface area contributed by atoms with Gasteiger partial charge in [-0.05, 0) is 51.2 Å². The van der Waals surface area contributed by atoms with Crippen molar-refractivity contribution in [3.05, 3.63) is 48.0 Å². The van der Waals surface area contributed by atoms with Crippen LogP contribution in [0.3, 0.4) is 0 Å². The molecule has 1 nitrogen and oxygen atoms in total. The van der Waals surface area contributed by atoms with Crippen LogP contribution in [0.4, 0.5) is 0 Å². The Bertz CT molecular complexity index is 304. The van der Waals surface area contributed by atoms with Gasteiger partial charge in [-0.1, -0.05) is 23.8 Å². The van der Waals surface area contributed by atoms with Crippen molar-refractivity contribution >= 4 is 0 Å². The smallest absolute Gasteiger partial charge is 0.0934 e. The molecule has 0 saturated carbocycles. The molecule has 1 aromatic rings. The van der Waals surface area contributed by atoms with Crippen LogP contribution in [0, 0.1) is 0 Å². The van der Waals surface area contributed by atoms with Crippen molar-refractivity contribution in [2.24, 2.45) is 0 Å². The molecule has 1 rings (SSSR count). The molecule has 0 N–H and O–H groups in total. The molecule has 0 atom stereocenters. The van der Waals surface area contributed by atoms with Gasteiger partial charge < -0.3 is 4.42 Å². The minimum atomic E-state index is 1.08. The number of hydrogen-bond donors (Lipinski definition) is 0. The van der Waals surface area contributed by atoms with E-state index in [-0.39, 0.29) is 0 Å². The van der Waals surface area contributed by atoms with Gasteiger partial charge in [-0.3, -0.25) is 0 Å². The number of hydrogen-bond acceptors (Lipinski definition) is 1. The molecule has 0 aromatic carbocycles. The predicted molar refractivity (Wildman–Crippen MR) is 64.8 cm³/mol. The first-order chi connectivity index (χ1) is 7.33. The van der Waals surface area contributed by atoms with Crippen molar-refractivity contribution < 1.29 is 4.42 Å². The normalized spacial score (nSPS) is 12.5. The SMILES string of the molecule is C/C=C\CC/C(C)=C\CCc1ccoc1. The molecular weight excluding hydrogens is 184 g/mol. The first kappa shape index (κ1) is 11.8. The summed E-state index contributed by atoms with van der Waals surface area (Å²) >= 11 is 0. The molecule has 0 aliphatic heterocycles. The van der Waals surface area contributed by atoms with Gasteiger partial charge in [-0.25, -0.2) is 0 Å². The maximum atomic E-state index is 5.02. The van der Waals surface area contributed by atoms with E-state index >= 15 is 0 Å². The van der Waals surface area contributed by atoms with Gasteiger partial charge in [0.2, 0.25) is 0 Å². The number of aryl methyl sites for hydroxylation is 1. The van der Waals surface area contributed by atoms with Crippen molar-refractivity contribution in [1.29, 1.82) is 0 Å². The molecule has 1 heterocycles. The zero-order chi connectivity index (χ0) is 10.9. The van der Waals surface area contributed by atoms with E-state index in [1.165, 1.54) is 17.6 Å². The highest BCUT2D eigenvalue weighted by Crippen LogP contribution is 2.09. The average molecular weight is 204 g/mol. The molecule has 0 saturated heterocycles. The van der Waals surface area contributed by atoms with Crippen LogP contribution in [-0.2, 0) is 6.42 Å². The van der Waals surface area contributed by atoms with Crippen molar-refractivity contribution in [3.8, 4) is 0 Å². The summed E-state index contributed by atoms with van der Waals surface area (Å²) in [7, 11) is 0. The standard InChI is InChI=1S/C14H20O/c1-3-4-5-7-13(2)8-6-9-14-10-11-15-12-14/h3-4,8,10-12H,5-7,9H2,1-2H3/b4-3-,13-8-. The Kier molecular flexibility index (Phi) is 5.60. The lowest BCUT2D eigenvalue weighted by molar-refractivity contribution is 0.564. The third kappa shape index (κ3) is 5.26. The molecule has 0 fully saturated rings. The van der Waals surface area contributed by atoms with Gasteiger partial charge in [-0.2, -0.15) is 0 Å². The first-order valence-corrected chi connectivity index (χ1v) is 5.61. The fourth-order valence-corrected chi connectivity index (χ4v) is 1.50. The van der Waals surface area contributed by atoms with E-state index in [1.807, 2.05) is 12.3 Å². The summed E-state index contributed by atoms with van der Waals surface area (Å²) in [5.41, 5.74) is 2.77. The Morgan fingerprint density at radius 1 is 1.40 bits per heavy atom. The van der Waals surface area contributed by atoms with Crippen molar-refractivity contribution in [2.75, 3.05) is 0 Å². The van der Waals surface area contributed by atoms with E-state index in [0.29, 0.717) is 0 Å². The average Bonchev–Trinajstić information content (AvgIpc) is 2.71. The molecule has 0 bridgehead atoms. The molecule has 15 heavy (non-hydrogen) atoms. The third-order valence-corrected chi connectivity index (χ3v) is 2.45. The number of furan rings is 1. The van der Waals surface area contributed by atoms with E-state index in [4.69, 9.17) is 4.42 Å². The highest BCUT2D eigenvalue weighted by molar-refractivity contribution is 5.08. The topological polar surface area (TPSA) is 13.1 Å². The lowest BCUT2D eigenvalue weighted by atomic mass is 10.1. The summed E-state index contributed by atoms with van der Waals surface area (Å²) in [5.74, 6) is 0. The minimum absolute atomic E-state index is 1.08. The second-order valence-electron chi connectivity index (χ2n) is 3.83. The maximum absolute atomic E-state index is 5.02. The highest BCUT2D eigenvalue weighted by Gasteiger charge is 1.93. The van der Waals surface area contributed by atoms with Gasteiger partial charge in [0.15, 0.2) is 0 Å². The molecule has 0 aliphatic carbocycles. The summed E-state index contributed by atoms with van der Waals surface area (Å²) in [5, 5.41) is 0. The number of allylic oxidation sites excluding steroid dienone is 4. The Labute approximate surface area is 92.5 Å². The fourth-order valence-electron chi connectivity index (χ4n) is 1.50. The van der Waals surface area contributed by atoms with Gasteiger partial charge in [0.1, 0.15) is 0 Å². The minimum Gasteiger partial charge on any atom is -0.472 e. The molecule has 1 aromatic heterocycles. The van der Waals surface area contributed by atoms with Gasteiger partial charge in [0.25, 0.3) is 0 Å². The van der Waals surface area contributed by atoms with Gasteiger partial charge >= 0.3 is 0 Å². The Morgan fingerprint density at radius 3 is 2.93 bits per heavy atom. The molecule has 82 valence electrons. The zero-order valence-corrected chi connectivity index (χ0v) is 9.70. The Balaban J connectivity index is 2.19. The first-order valence-electron chi connectivity index (χ1n) is 5.61. The van der Waals surface area contributed by atoms with E-state index in [0.717, 1.165) is 19.3 Å². The van der Waals surface area contributed by atoms with Crippen molar-refractivity contribution in [1.82, 2.24) is 0 Å². The van der Waals surface area contributed by atoms with Crippen molar-refractivity contribution in [3.63, 3.8) is 0 Å². The molecule has 0 unspecified atom stereocenters. The van der Waals surface area contributed by atoms with E-state index in [2.05, 4.69) is 32.1 Å². The van der Waals surface area contributed by atoms with Crippen LogP contribution in [0.1, 0.15) is 38.7 Å². The van der Waals surface area contributed by atoms with Crippen LogP contribution in [0.25, 0.3) is 0 Å². The quantitative estimate of drug-likeness (QED) is 0.621. The highest BCUT2D eigenvalue weighted by atomic mass is 16.3. The van der Waals surface area contributed by atoms with Crippen LogP contribution in [0.5, 0.6) is 0 Å². The zero-order valence-electron chi connectivity index (χ0n) is 9.70. The van der Waals surface area contributed by atoms with E-state index in [1.54, 1.807) is 6.26 Å². The molecule has 0 aliphatic rings. The Hall–Kier alpha value is -1.24. The third-order valence-electron chi connectivity index (χ3n) is 2.45. The van der Waals surface area contributed by atoms with Crippen LogP contribution in [-0.4, -0.2) is 0 Å². The van der Waals surface area contributed by atoms with Gasteiger partial charge in [0.05, 0.1) is 12.5 Å². The molecule has 0 radical (unpaired) electrons. The Morgan fingerprint density at radius 2 is 2.27 bits per heavy atom. The lowest BCUT2D eigenvalue weighted by Gasteiger charge is -1.98. The summed E-state index contributed by atoms with van der Waals surface area (Å²) < 4.78 is 5.02. The van der Waals surface area contributed by atoms with Crippen LogP contribution in [0.2, 0.25) is 0 Å². The van der Waals surface area contributed by atoms with Gasteiger partial charge in [0, 0.05) is 0 Å². The predicted octanol–water partition coefficient (Wildman–Crippen LogP) is 4.51. The lowest BCUT2D eigenvalue weighted by Crippen LogP contribution is -1.81. The summed E-state index contributed by atoms with van der Waals surface area (Å²) in [6.07, 6.45) is 14.7. The van der Waals surface area contributed by atoms with E-state index < -0.39 is 0 Å². The van der Waals surface area contributed by atoms with Crippen LogP contribution in [0.15, 0.2) is 46.8 Å². The van der Waals surface area contributed by atoms with Crippen molar-refractivity contribution in [2.45, 2.75) is 39.5 Å². The molecular formula is C14H20O. The molecule has 1 heteroatoms. The van der Waals surface area contributed by atoms with Crippen LogP contribution >= 0.6 is 0 Å². The molecule has 0 spiro atoms. The second-order valence-corrected chi connectivity index (χ2v) is 3.83. The van der Waals surface area contributed by atoms with E-state index in [9.17, 15) is 0 Å². The fraction of sp³-hybridized carbons (Fsp3) is 0.429. The summed E-state index contributed by atoms with van der Waals surface area (Å²) in [6, 6.07) is 2.03. The monoisotopic (exact) mass is 204 g/mol. The summed E-state index contributed by atoms with van der Waals surface area (Å²) in [4.78, 5) is 0.